The van der Waals surface area contributed by atoms with Gasteiger partial charge in [-0.3, -0.25) is 0 Å². The number of benzene rings is 1. The zero-order chi connectivity index (χ0) is 29.9. The smallest absolute Gasteiger partial charge is 0.407 e. The van der Waals surface area contributed by atoms with E-state index in [0.29, 0.717) is 5.69 Å². The molecule has 220 valence electrons. The van der Waals surface area contributed by atoms with Crippen molar-refractivity contribution in [2.75, 3.05) is 43.6 Å². The number of rotatable bonds is 7. The number of likely N-dealkylation sites (tertiary alicyclic amines) is 1. The van der Waals surface area contributed by atoms with Gasteiger partial charge in [-0.1, -0.05) is 5.92 Å². The second-order valence-electron chi connectivity index (χ2n) is 9.39. The second-order valence-corrected chi connectivity index (χ2v) is 11.4. The van der Waals surface area contributed by atoms with E-state index in [1.807, 2.05) is 0 Å². The van der Waals surface area contributed by atoms with Gasteiger partial charge in [-0.25, -0.2) is 22.6 Å². The summed E-state index contributed by atoms with van der Waals surface area (Å²) in [7, 11) is -2.09. The Morgan fingerprint density at radius 2 is 2.02 bits per heavy atom. The molecule has 0 unspecified atom stereocenters. The Kier molecular flexibility index (Phi) is 8.52. The first-order valence-electron chi connectivity index (χ1n) is 12.3. The molecule has 41 heavy (non-hydrogen) atoms. The van der Waals surface area contributed by atoms with Crippen molar-refractivity contribution < 1.29 is 40.6 Å². The van der Waals surface area contributed by atoms with E-state index in [2.05, 4.69) is 27.5 Å². The summed E-state index contributed by atoms with van der Waals surface area (Å²) in [5.74, 6) is 5.66. The zero-order valence-electron chi connectivity index (χ0n) is 22.0. The largest absolute Gasteiger partial charge is 0.495 e. The van der Waals surface area contributed by atoms with Crippen LogP contribution in [-0.2, 0) is 16.3 Å². The number of hydrogen-bond acceptors (Lipinski definition) is 7. The Balaban J connectivity index is 1.59. The molecule has 1 aromatic carbocycles. The van der Waals surface area contributed by atoms with Gasteiger partial charge in [0, 0.05) is 25.1 Å². The molecule has 0 bridgehead atoms. The number of anilines is 2. The van der Waals surface area contributed by atoms with Crippen LogP contribution in [0, 0.1) is 11.8 Å². The van der Waals surface area contributed by atoms with Gasteiger partial charge in [-0.2, -0.15) is 13.2 Å². The molecule has 4 rings (SSSR count). The van der Waals surface area contributed by atoms with Crippen LogP contribution in [0.15, 0.2) is 41.4 Å². The van der Waals surface area contributed by atoms with E-state index in [-0.39, 0.29) is 59.4 Å². The van der Waals surface area contributed by atoms with Crippen molar-refractivity contribution in [1.29, 1.82) is 0 Å². The molecule has 1 aliphatic rings. The first kappa shape index (κ1) is 29.8. The summed E-state index contributed by atoms with van der Waals surface area (Å²) in [5.41, 5.74) is 0.525. The first-order valence-corrected chi connectivity index (χ1v) is 14.2. The number of fused-ring (bicyclic) bond motifs is 1. The summed E-state index contributed by atoms with van der Waals surface area (Å²) in [6.45, 7) is -0.240. The number of imidazole rings is 1. The van der Waals surface area contributed by atoms with Crippen molar-refractivity contribution in [3.05, 3.63) is 47.9 Å². The molecule has 2 aromatic heterocycles. The van der Waals surface area contributed by atoms with Gasteiger partial charge >= 0.3 is 12.3 Å². The average Bonchev–Trinajstić information content (AvgIpc) is 3.23. The summed E-state index contributed by atoms with van der Waals surface area (Å²) in [5, 5.41) is 15.0. The third-order valence-electron chi connectivity index (χ3n) is 6.44. The maximum atomic E-state index is 14.7. The lowest BCUT2D eigenvalue weighted by molar-refractivity contribution is -0.128. The lowest BCUT2D eigenvalue weighted by Crippen LogP contribution is -2.49. The van der Waals surface area contributed by atoms with Crippen LogP contribution in [0.3, 0.4) is 0 Å². The molecule has 1 saturated heterocycles. The van der Waals surface area contributed by atoms with Gasteiger partial charge in [0.25, 0.3) is 0 Å². The molecule has 0 saturated carbocycles. The number of carboxylic acid groups (broad SMARTS) is 1. The summed E-state index contributed by atoms with van der Waals surface area (Å²) in [4.78, 5) is 16.5. The topological polar surface area (TPSA) is 125 Å². The summed E-state index contributed by atoms with van der Waals surface area (Å²) in [6, 6.07) is 6.52. The lowest BCUT2D eigenvalue weighted by Gasteiger charge is -2.33. The fraction of sp³-hybridized carbons (Fsp3) is 0.385. The minimum absolute atomic E-state index is 0.0231. The van der Waals surface area contributed by atoms with E-state index >= 15 is 0 Å². The van der Waals surface area contributed by atoms with Gasteiger partial charge in [0.2, 0.25) is 0 Å². The van der Waals surface area contributed by atoms with Crippen LogP contribution < -0.4 is 15.4 Å². The highest BCUT2D eigenvalue weighted by Gasteiger charge is 2.33. The van der Waals surface area contributed by atoms with Gasteiger partial charge in [-0.05, 0) is 36.6 Å². The van der Waals surface area contributed by atoms with Gasteiger partial charge in [-0.15, -0.1) is 0 Å². The molecule has 1 amide bonds. The molecule has 3 heterocycles. The SMILES string of the molecule is COc1cc(S(C)(=O)=O)ccc1NCC#Cc1nc2c(N[C@@H]3CCN(C(=O)O)C[C@@H]3F)cccn2c1CC(F)(F)F. The van der Waals surface area contributed by atoms with Crippen molar-refractivity contribution in [2.45, 2.75) is 36.1 Å². The highest BCUT2D eigenvalue weighted by Crippen LogP contribution is 2.29. The lowest BCUT2D eigenvalue weighted by atomic mass is 10.0. The molecule has 0 spiro atoms. The molecule has 1 aliphatic heterocycles. The van der Waals surface area contributed by atoms with Gasteiger partial charge in [0.05, 0.1) is 54.6 Å². The quantitative estimate of drug-likeness (QED) is 0.278. The Morgan fingerprint density at radius 3 is 2.66 bits per heavy atom. The maximum Gasteiger partial charge on any atom is 0.407 e. The van der Waals surface area contributed by atoms with E-state index in [4.69, 9.17) is 9.84 Å². The van der Waals surface area contributed by atoms with Crippen molar-refractivity contribution in [1.82, 2.24) is 14.3 Å². The fourth-order valence-electron chi connectivity index (χ4n) is 4.44. The molecular weight excluding hydrogens is 570 g/mol. The molecule has 1 fully saturated rings. The standard InChI is InChI=1S/C26H27F4N5O5S/c1-40-23-13-16(41(2,38)39)7-8-20(23)31-10-3-5-19-22(14-26(28,29)30)35-11-4-6-21(24(35)33-19)32-18-9-12-34(25(36)37)15-17(18)27/h4,6-8,11,13,17-18,31-32H,9-10,12,14-15H2,1-2H3,(H,36,37)/t17-,18+/m0/s1. The van der Waals surface area contributed by atoms with Crippen molar-refractivity contribution in [3.63, 3.8) is 0 Å². The first-order chi connectivity index (χ1) is 19.3. The van der Waals surface area contributed by atoms with Crippen LogP contribution in [0.4, 0.5) is 33.7 Å². The van der Waals surface area contributed by atoms with Crippen molar-refractivity contribution in [2.24, 2.45) is 0 Å². The number of methoxy groups -OCH3 is 1. The molecule has 10 nitrogen and oxygen atoms in total. The predicted octanol–water partition coefficient (Wildman–Crippen LogP) is 3.82. The maximum absolute atomic E-state index is 14.7. The number of hydrogen-bond donors (Lipinski definition) is 3. The number of amides is 1. The number of alkyl halides is 4. The molecule has 0 aliphatic carbocycles. The number of aromatic nitrogens is 2. The van der Waals surface area contributed by atoms with Crippen LogP contribution in [0.25, 0.3) is 5.65 Å². The number of carbonyl (C=O) groups is 1. The van der Waals surface area contributed by atoms with Gasteiger partial charge in [0.15, 0.2) is 15.5 Å². The van der Waals surface area contributed by atoms with Crippen molar-refractivity contribution in [3.8, 4) is 17.6 Å². The van der Waals surface area contributed by atoms with Crippen LogP contribution in [0.2, 0.25) is 0 Å². The monoisotopic (exact) mass is 597 g/mol. The number of nitrogens with one attached hydrogen (secondary N) is 2. The summed E-state index contributed by atoms with van der Waals surface area (Å²) < 4.78 is 85.2. The van der Waals surface area contributed by atoms with Gasteiger partial charge < -0.3 is 29.8 Å². The van der Waals surface area contributed by atoms with Crippen LogP contribution in [0.5, 0.6) is 5.75 Å². The Bertz CT molecular complexity index is 1610. The number of piperidine rings is 1. The van der Waals surface area contributed by atoms with Gasteiger partial charge in [0.1, 0.15) is 17.6 Å². The fourth-order valence-corrected chi connectivity index (χ4v) is 5.08. The van der Waals surface area contributed by atoms with Crippen LogP contribution in [-0.4, -0.2) is 85.3 Å². The van der Waals surface area contributed by atoms with E-state index in [1.165, 1.54) is 42.0 Å². The molecule has 3 N–H and O–H groups in total. The van der Waals surface area contributed by atoms with Crippen LogP contribution >= 0.6 is 0 Å². The van der Waals surface area contributed by atoms with E-state index in [0.717, 1.165) is 11.2 Å². The second kappa shape index (κ2) is 11.7. The predicted molar refractivity (Wildman–Crippen MR) is 143 cm³/mol. The summed E-state index contributed by atoms with van der Waals surface area (Å²) >= 11 is 0. The molecule has 0 radical (unpaired) electrons. The molecule has 15 heteroatoms. The normalized spacial score (nSPS) is 17.6. The van der Waals surface area contributed by atoms with E-state index in [1.54, 1.807) is 6.07 Å². The molecule has 3 aromatic rings. The average molecular weight is 598 g/mol. The number of ether oxygens (including phenoxy) is 1. The Morgan fingerprint density at radius 1 is 1.27 bits per heavy atom. The van der Waals surface area contributed by atoms with E-state index in [9.17, 15) is 30.8 Å². The van der Waals surface area contributed by atoms with Crippen molar-refractivity contribution >= 4 is 33.0 Å². The molecule has 2 atom stereocenters. The van der Waals surface area contributed by atoms with Crippen LogP contribution in [0.1, 0.15) is 17.8 Å². The highest BCUT2D eigenvalue weighted by atomic mass is 32.2. The third-order valence-corrected chi connectivity index (χ3v) is 7.56. The number of sulfone groups is 1. The molecular formula is C26H27F4N5O5S. The third kappa shape index (κ3) is 7.12. The number of nitrogens with zero attached hydrogens (tertiary/aromatic N) is 3. The van der Waals surface area contributed by atoms with E-state index < -0.39 is 40.7 Å². The minimum atomic E-state index is -4.56. The summed E-state index contributed by atoms with van der Waals surface area (Å²) in [6.07, 6.45) is -5.98. The zero-order valence-corrected chi connectivity index (χ0v) is 22.8. The number of halogens is 4. The Labute approximate surface area is 233 Å². The number of pyridine rings is 1. The Hall–Kier alpha value is -4.19. The minimum Gasteiger partial charge on any atom is -0.495 e. The highest BCUT2D eigenvalue weighted by molar-refractivity contribution is 7.90.